The SMILES string of the molecule is CC1(C)CN(C(=O)c2csc(CCN)n2)CCN1Cc1ccccc1. The quantitative estimate of drug-likeness (QED) is 0.891. The minimum atomic E-state index is -0.0696. The van der Waals surface area contributed by atoms with Gasteiger partial charge < -0.3 is 10.6 Å². The first-order valence-corrected chi connectivity index (χ1v) is 9.60. The number of rotatable bonds is 5. The van der Waals surface area contributed by atoms with E-state index in [1.54, 1.807) is 0 Å². The standard InChI is InChI=1S/C19H26N4OS/c1-19(2)14-22(18(24)16-13-25-17(21-16)8-9-20)10-11-23(19)12-15-6-4-3-5-7-15/h3-7,13H,8-12,14,20H2,1-2H3. The molecular formula is C19H26N4OS. The van der Waals surface area contributed by atoms with Crippen molar-refractivity contribution in [1.29, 1.82) is 0 Å². The van der Waals surface area contributed by atoms with E-state index in [0.29, 0.717) is 18.8 Å². The van der Waals surface area contributed by atoms with E-state index in [1.807, 2.05) is 16.3 Å². The van der Waals surface area contributed by atoms with Crippen molar-refractivity contribution in [3.8, 4) is 0 Å². The average Bonchev–Trinajstić information content (AvgIpc) is 3.06. The van der Waals surface area contributed by atoms with Crippen LogP contribution in [0, 0.1) is 0 Å². The first-order chi connectivity index (χ1) is 12.0. The highest BCUT2D eigenvalue weighted by Gasteiger charge is 2.36. The third-order valence-electron chi connectivity index (χ3n) is 4.71. The highest BCUT2D eigenvalue weighted by Crippen LogP contribution is 2.24. The maximum atomic E-state index is 12.8. The van der Waals surface area contributed by atoms with Gasteiger partial charge in [-0.3, -0.25) is 9.69 Å². The molecule has 3 rings (SSSR count). The molecule has 0 unspecified atom stereocenters. The summed E-state index contributed by atoms with van der Waals surface area (Å²) >= 11 is 1.52. The molecule has 0 radical (unpaired) electrons. The Morgan fingerprint density at radius 1 is 1.28 bits per heavy atom. The lowest BCUT2D eigenvalue weighted by atomic mass is 9.97. The number of carbonyl (C=O) groups excluding carboxylic acids is 1. The molecule has 0 spiro atoms. The molecule has 5 nitrogen and oxygen atoms in total. The van der Waals surface area contributed by atoms with E-state index in [1.165, 1.54) is 16.9 Å². The molecule has 0 saturated carbocycles. The fourth-order valence-corrected chi connectivity index (χ4v) is 4.06. The third kappa shape index (κ3) is 4.26. The number of hydrogen-bond donors (Lipinski definition) is 1. The summed E-state index contributed by atoms with van der Waals surface area (Å²) in [5, 5.41) is 2.80. The first-order valence-electron chi connectivity index (χ1n) is 8.72. The summed E-state index contributed by atoms with van der Waals surface area (Å²) in [5.41, 5.74) is 7.36. The number of thiazole rings is 1. The zero-order chi connectivity index (χ0) is 17.9. The van der Waals surface area contributed by atoms with Crippen LogP contribution in [-0.4, -0.2) is 52.4 Å². The number of carbonyl (C=O) groups is 1. The Hall–Kier alpha value is -1.76. The predicted molar refractivity (Wildman–Crippen MR) is 102 cm³/mol. The smallest absolute Gasteiger partial charge is 0.273 e. The molecule has 1 fully saturated rings. The van der Waals surface area contributed by atoms with Crippen molar-refractivity contribution in [2.45, 2.75) is 32.4 Å². The van der Waals surface area contributed by atoms with Gasteiger partial charge in [0.2, 0.25) is 0 Å². The maximum Gasteiger partial charge on any atom is 0.273 e. The van der Waals surface area contributed by atoms with Crippen LogP contribution < -0.4 is 5.73 Å². The van der Waals surface area contributed by atoms with Crippen LogP contribution in [-0.2, 0) is 13.0 Å². The summed E-state index contributed by atoms with van der Waals surface area (Å²) < 4.78 is 0. The monoisotopic (exact) mass is 358 g/mol. The van der Waals surface area contributed by atoms with Crippen LogP contribution in [0.2, 0.25) is 0 Å². The molecule has 2 heterocycles. The summed E-state index contributed by atoms with van der Waals surface area (Å²) in [6.07, 6.45) is 0.730. The van der Waals surface area contributed by atoms with Gasteiger partial charge in [-0.1, -0.05) is 30.3 Å². The van der Waals surface area contributed by atoms with Crippen molar-refractivity contribution < 1.29 is 4.79 Å². The maximum absolute atomic E-state index is 12.8. The molecule has 1 aromatic carbocycles. The highest BCUT2D eigenvalue weighted by molar-refractivity contribution is 7.09. The fourth-order valence-electron chi connectivity index (χ4n) is 3.27. The van der Waals surface area contributed by atoms with Crippen molar-refractivity contribution in [3.05, 3.63) is 52.0 Å². The number of benzene rings is 1. The summed E-state index contributed by atoms with van der Waals surface area (Å²) in [4.78, 5) is 21.6. The molecule has 0 bridgehead atoms. The molecule has 134 valence electrons. The lowest BCUT2D eigenvalue weighted by molar-refractivity contribution is 0.0136. The predicted octanol–water partition coefficient (Wildman–Crippen LogP) is 2.38. The number of aromatic nitrogens is 1. The van der Waals surface area contributed by atoms with Gasteiger partial charge in [0.1, 0.15) is 5.69 Å². The van der Waals surface area contributed by atoms with E-state index < -0.39 is 0 Å². The van der Waals surface area contributed by atoms with Crippen molar-refractivity contribution in [2.24, 2.45) is 5.73 Å². The van der Waals surface area contributed by atoms with Crippen molar-refractivity contribution in [3.63, 3.8) is 0 Å². The molecule has 1 aliphatic rings. The highest BCUT2D eigenvalue weighted by atomic mass is 32.1. The molecule has 2 N–H and O–H groups in total. The normalized spacial score (nSPS) is 17.6. The van der Waals surface area contributed by atoms with Crippen molar-refractivity contribution in [1.82, 2.24) is 14.8 Å². The van der Waals surface area contributed by atoms with Crippen LogP contribution in [0.5, 0.6) is 0 Å². The summed E-state index contributed by atoms with van der Waals surface area (Å²) in [6, 6.07) is 10.5. The van der Waals surface area contributed by atoms with E-state index in [0.717, 1.165) is 31.1 Å². The van der Waals surface area contributed by atoms with Gasteiger partial charge in [-0.15, -0.1) is 11.3 Å². The van der Waals surface area contributed by atoms with Crippen LogP contribution in [0.15, 0.2) is 35.7 Å². The largest absolute Gasteiger partial charge is 0.334 e. The lowest BCUT2D eigenvalue weighted by Gasteiger charge is -2.47. The van der Waals surface area contributed by atoms with Crippen LogP contribution in [0.1, 0.15) is 34.9 Å². The number of amides is 1. The zero-order valence-electron chi connectivity index (χ0n) is 14.9. The molecule has 25 heavy (non-hydrogen) atoms. The summed E-state index contributed by atoms with van der Waals surface area (Å²) in [6.45, 7) is 8.20. The lowest BCUT2D eigenvalue weighted by Crippen LogP contribution is -2.60. The second kappa shape index (κ2) is 7.64. The molecule has 1 aromatic heterocycles. The van der Waals surface area contributed by atoms with Gasteiger partial charge in [0.15, 0.2) is 0 Å². The van der Waals surface area contributed by atoms with E-state index >= 15 is 0 Å². The van der Waals surface area contributed by atoms with Gasteiger partial charge in [0, 0.05) is 43.5 Å². The molecule has 1 amide bonds. The zero-order valence-corrected chi connectivity index (χ0v) is 15.8. The van der Waals surface area contributed by atoms with Crippen LogP contribution in [0.3, 0.4) is 0 Å². The Balaban J connectivity index is 1.65. The van der Waals surface area contributed by atoms with Gasteiger partial charge in [0.25, 0.3) is 5.91 Å². The Bertz CT molecular complexity index is 713. The first kappa shape index (κ1) is 18.0. The number of nitrogens with zero attached hydrogens (tertiary/aromatic N) is 3. The Kier molecular flexibility index (Phi) is 5.51. The van der Waals surface area contributed by atoms with Gasteiger partial charge >= 0.3 is 0 Å². The molecular weight excluding hydrogens is 332 g/mol. The number of piperazine rings is 1. The fraction of sp³-hybridized carbons (Fsp3) is 0.474. The van der Waals surface area contributed by atoms with Gasteiger partial charge in [0.05, 0.1) is 5.01 Å². The van der Waals surface area contributed by atoms with Crippen LogP contribution in [0.25, 0.3) is 0 Å². The van der Waals surface area contributed by atoms with Crippen molar-refractivity contribution >= 4 is 17.2 Å². The van der Waals surface area contributed by atoms with Gasteiger partial charge in [-0.25, -0.2) is 4.98 Å². The minimum Gasteiger partial charge on any atom is -0.334 e. The molecule has 1 aliphatic heterocycles. The van der Waals surface area contributed by atoms with Crippen LogP contribution >= 0.6 is 11.3 Å². The van der Waals surface area contributed by atoms with Crippen LogP contribution in [0.4, 0.5) is 0 Å². The summed E-state index contributed by atoms with van der Waals surface area (Å²) in [5.74, 6) is 0.0342. The molecule has 1 saturated heterocycles. The second-order valence-corrected chi connectivity index (χ2v) is 8.05. The number of hydrogen-bond acceptors (Lipinski definition) is 5. The van der Waals surface area contributed by atoms with Crippen molar-refractivity contribution in [2.75, 3.05) is 26.2 Å². The molecule has 6 heteroatoms. The third-order valence-corrected chi connectivity index (χ3v) is 5.61. The Morgan fingerprint density at radius 3 is 2.72 bits per heavy atom. The average molecular weight is 359 g/mol. The number of nitrogens with two attached hydrogens (primary N) is 1. The minimum absolute atomic E-state index is 0.0342. The van der Waals surface area contributed by atoms with E-state index in [9.17, 15) is 4.79 Å². The van der Waals surface area contributed by atoms with Gasteiger partial charge in [-0.05, 0) is 26.0 Å². The molecule has 0 atom stereocenters. The topological polar surface area (TPSA) is 62.5 Å². The van der Waals surface area contributed by atoms with Gasteiger partial charge in [-0.2, -0.15) is 0 Å². The van der Waals surface area contributed by atoms with E-state index in [-0.39, 0.29) is 11.4 Å². The Labute approximate surface area is 153 Å². The van der Waals surface area contributed by atoms with E-state index in [4.69, 9.17) is 5.73 Å². The molecule has 0 aliphatic carbocycles. The second-order valence-electron chi connectivity index (χ2n) is 7.11. The Morgan fingerprint density at radius 2 is 2.04 bits per heavy atom. The molecule has 2 aromatic rings. The van der Waals surface area contributed by atoms with E-state index in [2.05, 4.69) is 48.0 Å². The summed E-state index contributed by atoms with van der Waals surface area (Å²) in [7, 11) is 0.